The van der Waals surface area contributed by atoms with Crippen LogP contribution in [0.2, 0.25) is 10.0 Å². The van der Waals surface area contributed by atoms with Crippen LogP contribution in [0.4, 0.5) is 24.5 Å². The fourth-order valence-corrected chi connectivity index (χ4v) is 3.83. The maximum absolute atomic E-state index is 13.1. The molecule has 4 N–H and O–H groups in total. The van der Waals surface area contributed by atoms with Gasteiger partial charge in [-0.05, 0) is 24.3 Å². The van der Waals surface area contributed by atoms with Gasteiger partial charge >= 0.3 is 6.18 Å². The number of nitrogens with one attached hydrogen (secondary N) is 1. The molecule has 182 valence electrons. The Balaban J connectivity index is 1.65. The molecule has 0 radical (unpaired) electrons. The lowest BCUT2D eigenvalue weighted by Crippen LogP contribution is -2.14. The molecule has 4 aromatic rings. The molecule has 0 aliphatic rings. The maximum atomic E-state index is 13.1. The number of halogens is 5. The van der Waals surface area contributed by atoms with Gasteiger partial charge in [0.2, 0.25) is 0 Å². The highest BCUT2D eigenvalue weighted by Crippen LogP contribution is 2.32. The number of anilines is 2. The molecule has 0 spiro atoms. The molecule has 35 heavy (non-hydrogen) atoms. The quantitative estimate of drug-likeness (QED) is 0.330. The molecule has 0 aliphatic heterocycles. The average Bonchev–Trinajstić information content (AvgIpc) is 3.39. The number of hydrogen-bond acceptors (Lipinski definition) is 6. The first kappa shape index (κ1) is 24.5. The Bertz CT molecular complexity index is 1360. The number of alkyl halides is 3. The lowest BCUT2D eigenvalue weighted by molar-refractivity contribution is -0.140. The number of aromatic nitrogens is 5. The van der Waals surface area contributed by atoms with Crippen LogP contribution in [0.5, 0.6) is 0 Å². The topological polar surface area (TPSA) is 124 Å². The minimum atomic E-state index is -4.65. The van der Waals surface area contributed by atoms with Gasteiger partial charge in [0.1, 0.15) is 11.4 Å². The minimum absolute atomic E-state index is 0.0584. The molecule has 3 heterocycles. The number of imidazole rings is 1. The van der Waals surface area contributed by atoms with Crippen LogP contribution in [-0.4, -0.2) is 41.9 Å². The summed E-state index contributed by atoms with van der Waals surface area (Å²) >= 11 is 12.4. The number of nitrogens with zero attached hydrogens (tertiary/aromatic N) is 5. The third kappa shape index (κ3) is 5.09. The average molecular weight is 526 g/mol. The van der Waals surface area contributed by atoms with Gasteiger partial charge < -0.3 is 20.7 Å². The number of carbonyl (C=O) groups excluding carboxylic acids is 1. The van der Waals surface area contributed by atoms with Crippen LogP contribution in [0.1, 0.15) is 16.2 Å². The molecule has 3 aromatic heterocycles. The summed E-state index contributed by atoms with van der Waals surface area (Å²) in [6.07, 6.45) is -1.03. The van der Waals surface area contributed by atoms with Crippen molar-refractivity contribution in [2.75, 3.05) is 11.9 Å². The number of rotatable bonds is 7. The van der Waals surface area contributed by atoms with E-state index in [9.17, 15) is 23.1 Å². The van der Waals surface area contributed by atoms with E-state index in [0.717, 1.165) is 6.20 Å². The number of aliphatic hydroxyl groups excluding tert-OH is 1. The van der Waals surface area contributed by atoms with Crippen molar-refractivity contribution >= 4 is 40.5 Å². The Kier molecular flexibility index (Phi) is 6.70. The second kappa shape index (κ2) is 9.56. The maximum Gasteiger partial charge on any atom is 0.434 e. The van der Waals surface area contributed by atoms with Crippen LogP contribution < -0.4 is 11.1 Å². The van der Waals surface area contributed by atoms with Crippen molar-refractivity contribution in [3.8, 4) is 17.2 Å². The number of benzene rings is 1. The summed E-state index contributed by atoms with van der Waals surface area (Å²) in [7, 11) is 0. The van der Waals surface area contributed by atoms with Crippen LogP contribution in [0.15, 0.2) is 48.9 Å². The fourth-order valence-electron chi connectivity index (χ4n) is 3.26. The largest absolute Gasteiger partial charge is 0.434 e. The van der Waals surface area contributed by atoms with Gasteiger partial charge in [-0.1, -0.05) is 29.3 Å². The van der Waals surface area contributed by atoms with Gasteiger partial charge in [-0.3, -0.25) is 9.78 Å². The predicted octanol–water partition coefficient (Wildman–Crippen LogP) is 4.29. The second-order valence-corrected chi connectivity index (χ2v) is 8.01. The molecule has 0 fully saturated rings. The molecular formula is C21H16Cl2F3N7O2. The number of amides is 1. The zero-order valence-electron chi connectivity index (χ0n) is 17.6. The van der Waals surface area contributed by atoms with Crippen LogP contribution in [0, 0.1) is 0 Å². The Morgan fingerprint density at radius 2 is 1.86 bits per heavy atom. The van der Waals surface area contributed by atoms with Crippen LogP contribution in [-0.2, 0) is 12.7 Å². The highest BCUT2D eigenvalue weighted by molar-refractivity contribution is 6.37. The molecule has 4 rings (SSSR count). The molecule has 0 aliphatic carbocycles. The zero-order chi connectivity index (χ0) is 25.3. The van der Waals surface area contributed by atoms with Gasteiger partial charge in [0.05, 0.1) is 40.4 Å². The van der Waals surface area contributed by atoms with E-state index in [-0.39, 0.29) is 36.1 Å². The highest BCUT2D eigenvalue weighted by Gasteiger charge is 2.35. The summed E-state index contributed by atoms with van der Waals surface area (Å²) in [4.78, 5) is 19.7. The van der Waals surface area contributed by atoms with Crippen LogP contribution in [0.3, 0.4) is 0 Å². The van der Waals surface area contributed by atoms with Crippen LogP contribution >= 0.6 is 23.2 Å². The van der Waals surface area contributed by atoms with Gasteiger partial charge in [0.25, 0.3) is 5.91 Å². The summed E-state index contributed by atoms with van der Waals surface area (Å²) in [6, 6.07) is 7.84. The zero-order valence-corrected chi connectivity index (χ0v) is 19.1. The first-order valence-electron chi connectivity index (χ1n) is 9.91. The molecule has 1 aromatic carbocycles. The van der Waals surface area contributed by atoms with E-state index in [2.05, 4.69) is 20.4 Å². The highest BCUT2D eigenvalue weighted by atomic mass is 35.5. The molecule has 0 bridgehead atoms. The van der Waals surface area contributed by atoms with E-state index < -0.39 is 17.8 Å². The first-order chi connectivity index (χ1) is 16.6. The van der Waals surface area contributed by atoms with Crippen molar-refractivity contribution < 1.29 is 23.1 Å². The molecule has 9 nitrogen and oxygen atoms in total. The summed E-state index contributed by atoms with van der Waals surface area (Å²) in [5, 5.41) is 16.9. The number of para-hydroxylation sites is 1. The Morgan fingerprint density at radius 1 is 1.14 bits per heavy atom. The van der Waals surface area contributed by atoms with Gasteiger partial charge in [-0.15, -0.1) is 0 Å². The van der Waals surface area contributed by atoms with E-state index in [1.165, 1.54) is 33.8 Å². The number of nitrogens with two attached hydrogens (primary N) is 1. The Morgan fingerprint density at radius 3 is 2.43 bits per heavy atom. The van der Waals surface area contributed by atoms with Crippen molar-refractivity contribution in [1.29, 1.82) is 0 Å². The molecule has 0 saturated heterocycles. The minimum Gasteiger partial charge on any atom is -0.395 e. The van der Waals surface area contributed by atoms with E-state index in [4.69, 9.17) is 28.9 Å². The smallest absolute Gasteiger partial charge is 0.395 e. The van der Waals surface area contributed by atoms with E-state index >= 15 is 0 Å². The van der Waals surface area contributed by atoms with Crippen molar-refractivity contribution in [3.05, 3.63) is 70.4 Å². The summed E-state index contributed by atoms with van der Waals surface area (Å²) in [6.45, 7) is -0.471. The van der Waals surface area contributed by atoms with E-state index in [0.29, 0.717) is 21.4 Å². The monoisotopic (exact) mass is 525 g/mol. The molecule has 0 unspecified atom stereocenters. The standard InChI is InChI=1S/C21H16Cl2F3N7O2/c22-12-2-1-3-13(23)18(12)33-9-15(17(31-33)19(27)35)29-11-4-5-14(28-8-11)20-30-16(21(24,25)26)10-32(20)6-7-34/h1-5,8-10,29,34H,6-7H2,(H2,27,35). The van der Waals surface area contributed by atoms with Gasteiger partial charge in [0, 0.05) is 12.7 Å². The third-order valence-electron chi connectivity index (χ3n) is 4.79. The van der Waals surface area contributed by atoms with Crippen molar-refractivity contribution in [2.45, 2.75) is 12.7 Å². The summed E-state index contributed by atoms with van der Waals surface area (Å²) < 4.78 is 41.7. The SMILES string of the molecule is NC(=O)c1nn(-c2c(Cl)cccc2Cl)cc1Nc1ccc(-c2nc(C(F)(F)F)cn2CCO)nc1. The Labute approximate surface area is 205 Å². The summed E-state index contributed by atoms with van der Waals surface area (Å²) in [5.74, 6) is -0.873. The number of primary amides is 1. The predicted molar refractivity (Wildman–Crippen MR) is 123 cm³/mol. The first-order valence-corrected chi connectivity index (χ1v) is 10.7. The molecular weight excluding hydrogens is 510 g/mol. The number of hydrogen-bond donors (Lipinski definition) is 3. The molecule has 14 heteroatoms. The van der Waals surface area contributed by atoms with Gasteiger partial charge in [0.15, 0.2) is 17.2 Å². The molecule has 0 saturated carbocycles. The fraction of sp³-hybridized carbons (Fsp3) is 0.143. The van der Waals surface area contributed by atoms with Crippen molar-refractivity contribution in [1.82, 2.24) is 24.3 Å². The number of pyridine rings is 1. The van der Waals surface area contributed by atoms with Crippen molar-refractivity contribution in [2.24, 2.45) is 5.73 Å². The number of aliphatic hydroxyl groups is 1. The molecule has 1 amide bonds. The lowest BCUT2D eigenvalue weighted by Gasteiger charge is -2.08. The van der Waals surface area contributed by atoms with E-state index in [1.54, 1.807) is 18.2 Å². The van der Waals surface area contributed by atoms with Crippen molar-refractivity contribution in [3.63, 3.8) is 0 Å². The molecule has 0 atom stereocenters. The number of carbonyl (C=O) groups is 1. The van der Waals surface area contributed by atoms with E-state index in [1.807, 2.05) is 0 Å². The normalized spacial score (nSPS) is 11.6. The van der Waals surface area contributed by atoms with Gasteiger partial charge in [-0.25, -0.2) is 9.67 Å². The van der Waals surface area contributed by atoms with Crippen LogP contribution in [0.25, 0.3) is 17.2 Å². The summed E-state index contributed by atoms with van der Waals surface area (Å²) in [5.41, 5.74) is 5.37. The third-order valence-corrected chi connectivity index (χ3v) is 5.40. The Hall–Kier alpha value is -3.61. The second-order valence-electron chi connectivity index (χ2n) is 7.19. The lowest BCUT2D eigenvalue weighted by atomic mass is 10.3. The van der Waals surface area contributed by atoms with Gasteiger partial charge in [-0.2, -0.15) is 18.3 Å².